The highest BCUT2D eigenvalue weighted by atomic mass is 19.4. The van der Waals surface area contributed by atoms with Crippen LogP contribution in [-0.2, 0) is 6.18 Å². The number of ether oxygens (including phenoxy) is 1. The molecule has 0 fully saturated rings. The maximum atomic E-state index is 12.7. The maximum absolute atomic E-state index is 12.7. The van der Waals surface area contributed by atoms with Gasteiger partial charge in [-0.05, 0) is 18.2 Å². The largest absolute Gasteiger partial charge is 0.495 e. The summed E-state index contributed by atoms with van der Waals surface area (Å²) >= 11 is 0. The molecular weight excluding hydrogens is 303 g/mol. The topological polar surface area (TPSA) is 84.1 Å². The van der Waals surface area contributed by atoms with Crippen molar-refractivity contribution in [2.24, 2.45) is 0 Å². The molecule has 0 aliphatic rings. The Labute approximate surface area is 122 Å². The van der Waals surface area contributed by atoms with Crippen molar-refractivity contribution < 1.29 is 22.7 Å². The highest BCUT2D eigenvalue weighted by molar-refractivity contribution is 6.03. The van der Waals surface area contributed by atoms with E-state index in [1.807, 2.05) is 0 Å². The third-order valence-electron chi connectivity index (χ3n) is 2.68. The van der Waals surface area contributed by atoms with E-state index in [2.05, 4.69) is 15.3 Å². The van der Waals surface area contributed by atoms with Crippen molar-refractivity contribution in [1.29, 1.82) is 0 Å². The number of hydrogen-bond donors (Lipinski definition) is 2. The van der Waals surface area contributed by atoms with Gasteiger partial charge >= 0.3 is 6.18 Å². The van der Waals surface area contributed by atoms with Gasteiger partial charge in [-0.2, -0.15) is 13.2 Å². The summed E-state index contributed by atoms with van der Waals surface area (Å²) in [7, 11) is 1.26. The van der Waals surface area contributed by atoms with Crippen molar-refractivity contribution in [2.75, 3.05) is 12.4 Å². The molecule has 0 saturated carbocycles. The first-order chi connectivity index (χ1) is 10.3. The van der Waals surface area contributed by atoms with Crippen molar-refractivity contribution in [3.8, 4) is 5.75 Å². The van der Waals surface area contributed by atoms with Crippen LogP contribution in [-0.4, -0.2) is 23.0 Å². The van der Waals surface area contributed by atoms with E-state index >= 15 is 0 Å². The van der Waals surface area contributed by atoms with E-state index in [1.54, 1.807) is 0 Å². The number of aromatic nitrogens is 2. The lowest BCUT2D eigenvalue weighted by Crippen LogP contribution is -2.18. The number of carbonyl (C=O) groups is 1. The molecule has 9 heteroatoms. The number of hydrogen-bond acceptors (Lipinski definition) is 4. The molecule has 0 spiro atoms. The summed E-state index contributed by atoms with van der Waals surface area (Å²) in [5, 5.41) is 2.26. The van der Waals surface area contributed by atoms with Crippen LogP contribution in [0.3, 0.4) is 0 Å². The predicted molar refractivity (Wildman–Crippen MR) is 70.8 cm³/mol. The number of H-pyrrole nitrogens is 1. The number of rotatable bonds is 3. The zero-order valence-corrected chi connectivity index (χ0v) is 11.2. The van der Waals surface area contributed by atoms with E-state index in [4.69, 9.17) is 4.74 Å². The van der Waals surface area contributed by atoms with Crippen LogP contribution < -0.4 is 15.6 Å². The number of nitrogens with zero attached hydrogens (tertiary/aromatic N) is 1. The summed E-state index contributed by atoms with van der Waals surface area (Å²) in [6.07, 6.45) is -2.61. The van der Waals surface area contributed by atoms with Crippen LogP contribution in [0.15, 0.2) is 35.4 Å². The van der Waals surface area contributed by atoms with Gasteiger partial charge in [0.1, 0.15) is 11.4 Å². The van der Waals surface area contributed by atoms with Crippen molar-refractivity contribution >= 4 is 11.6 Å². The third kappa shape index (κ3) is 3.43. The molecule has 1 aromatic carbocycles. The lowest BCUT2D eigenvalue weighted by molar-refractivity contribution is -0.137. The molecule has 2 aromatic rings. The minimum absolute atomic E-state index is 0.0609. The van der Waals surface area contributed by atoms with Crippen LogP contribution >= 0.6 is 0 Å². The second-order valence-corrected chi connectivity index (χ2v) is 4.16. The summed E-state index contributed by atoms with van der Waals surface area (Å²) in [5.41, 5.74) is -1.75. The number of amides is 1. The monoisotopic (exact) mass is 313 g/mol. The Bertz CT molecular complexity index is 736. The Morgan fingerprint density at radius 1 is 1.36 bits per heavy atom. The van der Waals surface area contributed by atoms with Crippen LogP contribution in [0.25, 0.3) is 0 Å². The molecule has 116 valence electrons. The fourth-order valence-corrected chi connectivity index (χ4v) is 1.63. The maximum Gasteiger partial charge on any atom is 0.416 e. The standard InChI is InChI=1S/C13H10F3N3O3/c1-22-10-3-2-7(13(14,15)16)4-8(10)19-12(21)9-5-18-11(20)6-17-9/h2-6H,1H3,(H,18,20)(H,19,21). The molecule has 6 nitrogen and oxygen atoms in total. The minimum Gasteiger partial charge on any atom is -0.495 e. The zero-order chi connectivity index (χ0) is 16.3. The normalized spacial score (nSPS) is 11.1. The number of anilines is 1. The number of nitrogens with one attached hydrogen (secondary N) is 2. The lowest BCUT2D eigenvalue weighted by Gasteiger charge is -2.13. The van der Waals surface area contributed by atoms with Crippen molar-refractivity contribution in [3.63, 3.8) is 0 Å². The molecule has 0 bridgehead atoms. The smallest absolute Gasteiger partial charge is 0.416 e. The first-order valence-corrected chi connectivity index (χ1v) is 5.92. The number of benzene rings is 1. The molecule has 22 heavy (non-hydrogen) atoms. The molecule has 1 amide bonds. The molecule has 1 aromatic heterocycles. The second-order valence-electron chi connectivity index (χ2n) is 4.16. The van der Waals surface area contributed by atoms with E-state index in [9.17, 15) is 22.8 Å². The quantitative estimate of drug-likeness (QED) is 0.908. The third-order valence-corrected chi connectivity index (χ3v) is 2.68. The average molecular weight is 313 g/mol. The Hall–Kier alpha value is -2.84. The van der Waals surface area contributed by atoms with Crippen molar-refractivity contribution in [3.05, 3.63) is 52.2 Å². The van der Waals surface area contributed by atoms with Crippen LogP contribution in [0.1, 0.15) is 16.1 Å². The lowest BCUT2D eigenvalue weighted by atomic mass is 10.1. The highest BCUT2D eigenvalue weighted by Crippen LogP contribution is 2.34. The Morgan fingerprint density at radius 2 is 2.09 bits per heavy atom. The van der Waals surface area contributed by atoms with Crippen molar-refractivity contribution in [1.82, 2.24) is 9.97 Å². The van der Waals surface area contributed by atoms with Gasteiger partial charge in [0.2, 0.25) is 0 Å². The molecule has 2 N–H and O–H groups in total. The Balaban J connectivity index is 2.33. The first kappa shape index (κ1) is 15.5. The van der Waals surface area contributed by atoms with E-state index in [0.29, 0.717) is 0 Å². The van der Waals surface area contributed by atoms with Gasteiger partial charge in [-0.3, -0.25) is 9.59 Å². The van der Waals surface area contributed by atoms with Gasteiger partial charge in [0.15, 0.2) is 0 Å². The second kappa shape index (κ2) is 5.88. The minimum atomic E-state index is -4.55. The van der Waals surface area contributed by atoms with Gasteiger partial charge in [-0.25, -0.2) is 4.98 Å². The zero-order valence-electron chi connectivity index (χ0n) is 11.2. The van der Waals surface area contributed by atoms with Crippen LogP contribution in [0.5, 0.6) is 5.75 Å². The molecule has 0 unspecified atom stereocenters. The van der Waals surface area contributed by atoms with Gasteiger partial charge in [-0.1, -0.05) is 0 Å². The van der Waals surface area contributed by atoms with Gasteiger partial charge < -0.3 is 15.0 Å². The average Bonchev–Trinajstić information content (AvgIpc) is 2.46. The molecular formula is C13H10F3N3O3. The Kier molecular flexibility index (Phi) is 4.15. The first-order valence-electron chi connectivity index (χ1n) is 5.92. The van der Waals surface area contributed by atoms with E-state index in [-0.39, 0.29) is 17.1 Å². The van der Waals surface area contributed by atoms with E-state index in [0.717, 1.165) is 30.6 Å². The predicted octanol–water partition coefficient (Wildman–Crippen LogP) is 2.05. The van der Waals surface area contributed by atoms with Crippen LogP contribution in [0, 0.1) is 0 Å². The molecule has 1 heterocycles. The Morgan fingerprint density at radius 3 is 2.64 bits per heavy atom. The number of carbonyl (C=O) groups excluding carboxylic acids is 1. The molecule has 0 aliphatic carbocycles. The molecule has 2 rings (SSSR count). The number of methoxy groups -OCH3 is 1. The number of halogens is 3. The molecule has 0 radical (unpaired) electrons. The molecule has 0 atom stereocenters. The number of aromatic amines is 1. The molecule has 0 saturated heterocycles. The number of alkyl halides is 3. The summed E-state index contributed by atoms with van der Waals surface area (Å²) in [6.45, 7) is 0. The summed E-state index contributed by atoms with van der Waals surface area (Å²) in [5.74, 6) is -0.723. The SMILES string of the molecule is COc1ccc(C(F)(F)F)cc1NC(=O)c1c[nH]c(=O)cn1. The van der Waals surface area contributed by atoms with Gasteiger partial charge in [-0.15, -0.1) is 0 Å². The summed E-state index contributed by atoms with van der Waals surface area (Å²) < 4.78 is 43.0. The van der Waals surface area contributed by atoms with Gasteiger partial charge in [0.25, 0.3) is 11.5 Å². The fourth-order valence-electron chi connectivity index (χ4n) is 1.63. The molecule has 0 aliphatic heterocycles. The highest BCUT2D eigenvalue weighted by Gasteiger charge is 2.31. The van der Waals surface area contributed by atoms with Gasteiger partial charge in [0, 0.05) is 6.20 Å². The van der Waals surface area contributed by atoms with Crippen LogP contribution in [0.2, 0.25) is 0 Å². The van der Waals surface area contributed by atoms with Gasteiger partial charge in [0.05, 0.1) is 24.6 Å². The summed E-state index contributed by atoms with van der Waals surface area (Å²) in [6, 6.07) is 2.69. The van der Waals surface area contributed by atoms with E-state index < -0.39 is 23.2 Å². The van der Waals surface area contributed by atoms with Crippen molar-refractivity contribution in [2.45, 2.75) is 6.18 Å². The van der Waals surface area contributed by atoms with Crippen LogP contribution in [0.4, 0.5) is 18.9 Å². The fraction of sp³-hybridized carbons (Fsp3) is 0.154. The van der Waals surface area contributed by atoms with E-state index in [1.165, 1.54) is 7.11 Å². The summed E-state index contributed by atoms with van der Waals surface area (Å²) in [4.78, 5) is 28.6.